The number of H-pyrrole nitrogens is 1. The van der Waals surface area contributed by atoms with Crippen LogP contribution in [0.4, 0.5) is 11.5 Å². The summed E-state index contributed by atoms with van der Waals surface area (Å²) < 4.78 is 5.03. The Morgan fingerprint density at radius 1 is 1.45 bits per heavy atom. The van der Waals surface area contributed by atoms with Gasteiger partial charge in [0.1, 0.15) is 5.56 Å². The molecular formula is C14H16ClN3O2. The van der Waals surface area contributed by atoms with Gasteiger partial charge < -0.3 is 10.1 Å². The summed E-state index contributed by atoms with van der Waals surface area (Å²) in [7, 11) is 0. The van der Waals surface area contributed by atoms with Crippen molar-refractivity contribution in [2.45, 2.75) is 20.8 Å². The average Bonchev–Trinajstić information content (AvgIpc) is 2.74. The Labute approximate surface area is 122 Å². The van der Waals surface area contributed by atoms with E-state index in [0.717, 1.165) is 11.3 Å². The van der Waals surface area contributed by atoms with E-state index in [2.05, 4.69) is 15.5 Å². The maximum atomic E-state index is 11.9. The molecule has 0 radical (unpaired) electrons. The van der Waals surface area contributed by atoms with Crippen LogP contribution in [0.1, 0.15) is 28.5 Å². The second-order valence-electron chi connectivity index (χ2n) is 4.38. The number of benzene rings is 1. The van der Waals surface area contributed by atoms with E-state index in [1.165, 1.54) is 0 Å². The smallest absolute Gasteiger partial charge is 0.343 e. The number of esters is 1. The third-order valence-electron chi connectivity index (χ3n) is 2.87. The van der Waals surface area contributed by atoms with Crippen molar-refractivity contribution in [1.29, 1.82) is 0 Å². The number of rotatable bonds is 4. The zero-order valence-corrected chi connectivity index (χ0v) is 12.3. The molecule has 0 fully saturated rings. The number of aromatic nitrogens is 2. The van der Waals surface area contributed by atoms with Gasteiger partial charge in [-0.05, 0) is 44.5 Å². The number of nitrogens with one attached hydrogen (secondary N) is 2. The highest BCUT2D eigenvalue weighted by atomic mass is 35.5. The Morgan fingerprint density at radius 3 is 2.85 bits per heavy atom. The molecule has 6 heteroatoms. The topological polar surface area (TPSA) is 67.0 Å². The van der Waals surface area contributed by atoms with E-state index in [0.29, 0.717) is 28.7 Å². The molecule has 2 rings (SSSR count). The Morgan fingerprint density at radius 2 is 2.20 bits per heavy atom. The lowest BCUT2D eigenvalue weighted by molar-refractivity contribution is 0.0527. The normalized spacial score (nSPS) is 10.4. The number of halogens is 1. The van der Waals surface area contributed by atoms with E-state index in [9.17, 15) is 4.79 Å². The second kappa shape index (κ2) is 5.96. The first-order valence-electron chi connectivity index (χ1n) is 6.28. The van der Waals surface area contributed by atoms with Crippen molar-refractivity contribution in [1.82, 2.24) is 10.2 Å². The quantitative estimate of drug-likeness (QED) is 0.845. The summed E-state index contributed by atoms with van der Waals surface area (Å²) >= 11 is 5.92. The van der Waals surface area contributed by atoms with E-state index in [1.807, 2.05) is 19.1 Å². The molecule has 0 spiro atoms. The monoisotopic (exact) mass is 293 g/mol. The molecule has 0 aliphatic carbocycles. The molecule has 0 bridgehead atoms. The summed E-state index contributed by atoms with van der Waals surface area (Å²) in [4.78, 5) is 11.9. The minimum absolute atomic E-state index is 0.322. The van der Waals surface area contributed by atoms with Crippen molar-refractivity contribution in [3.63, 3.8) is 0 Å². The third-order valence-corrected chi connectivity index (χ3v) is 3.10. The van der Waals surface area contributed by atoms with E-state index < -0.39 is 5.97 Å². The summed E-state index contributed by atoms with van der Waals surface area (Å²) in [5.74, 6) is 0.0549. The standard InChI is InChI=1S/C14H16ClN3O2/c1-4-20-14(19)12-9(3)17-18-13(12)16-11-6-5-10(15)7-8(11)2/h5-7H,4H2,1-3H3,(H2,16,17,18). The van der Waals surface area contributed by atoms with Crippen LogP contribution in [0.15, 0.2) is 18.2 Å². The number of carbonyl (C=O) groups excluding carboxylic acids is 1. The molecule has 0 amide bonds. The number of aromatic amines is 1. The highest BCUT2D eigenvalue weighted by Gasteiger charge is 2.19. The van der Waals surface area contributed by atoms with Crippen LogP contribution in [0, 0.1) is 13.8 Å². The zero-order chi connectivity index (χ0) is 14.7. The van der Waals surface area contributed by atoms with Gasteiger partial charge in [-0.3, -0.25) is 5.10 Å². The molecule has 0 unspecified atom stereocenters. The minimum atomic E-state index is -0.395. The number of ether oxygens (including phenoxy) is 1. The number of hydrogen-bond acceptors (Lipinski definition) is 4. The zero-order valence-electron chi connectivity index (χ0n) is 11.6. The van der Waals surface area contributed by atoms with Gasteiger partial charge in [0.15, 0.2) is 5.82 Å². The van der Waals surface area contributed by atoms with Gasteiger partial charge in [0, 0.05) is 16.4 Å². The average molecular weight is 294 g/mol. The Balaban J connectivity index is 2.32. The van der Waals surface area contributed by atoms with Crippen LogP contribution in [-0.2, 0) is 4.74 Å². The molecule has 1 aromatic carbocycles. The lowest BCUT2D eigenvalue weighted by Crippen LogP contribution is -2.08. The van der Waals surface area contributed by atoms with E-state index in [4.69, 9.17) is 16.3 Å². The first-order chi connectivity index (χ1) is 9.52. The van der Waals surface area contributed by atoms with E-state index >= 15 is 0 Å². The van der Waals surface area contributed by atoms with E-state index in [1.54, 1.807) is 19.9 Å². The number of aryl methyl sites for hydroxylation is 2. The molecule has 1 aromatic heterocycles. The maximum absolute atomic E-state index is 11.9. The van der Waals surface area contributed by atoms with Crippen LogP contribution < -0.4 is 5.32 Å². The SMILES string of the molecule is CCOC(=O)c1c(Nc2ccc(Cl)cc2C)n[nH]c1C. The van der Waals surface area contributed by atoms with Crippen LogP contribution in [0.2, 0.25) is 5.02 Å². The van der Waals surface area contributed by atoms with Crippen LogP contribution in [0.25, 0.3) is 0 Å². The highest BCUT2D eigenvalue weighted by Crippen LogP contribution is 2.26. The predicted octanol–water partition coefficient (Wildman–Crippen LogP) is 3.60. The molecule has 5 nitrogen and oxygen atoms in total. The molecule has 0 aliphatic heterocycles. The van der Waals surface area contributed by atoms with Crippen LogP contribution in [0.3, 0.4) is 0 Å². The summed E-state index contributed by atoms with van der Waals surface area (Å²) in [5.41, 5.74) is 2.89. The van der Waals surface area contributed by atoms with Crippen molar-refractivity contribution in [2.75, 3.05) is 11.9 Å². The third kappa shape index (κ3) is 2.93. The van der Waals surface area contributed by atoms with Crippen molar-refractivity contribution in [3.05, 3.63) is 40.0 Å². The van der Waals surface area contributed by atoms with Gasteiger partial charge in [-0.25, -0.2) is 4.79 Å². The molecular weight excluding hydrogens is 278 g/mol. The van der Waals surface area contributed by atoms with Crippen molar-refractivity contribution >= 4 is 29.1 Å². The molecule has 0 saturated carbocycles. The Hall–Kier alpha value is -2.01. The fourth-order valence-electron chi connectivity index (χ4n) is 1.87. The van der Waals surface area contributed by atoms with Crippen molar-refractivity contribution in [2.24, 2.45) is 0 Å². The molecule has 106 valence electrons. The van der Waals surface area contributed by atoms with Gasteiger partial charge in [0.25, 0.3) is 0 Å². The molecule has 1 heterocycles. The fraction of sp³-hybridized carbons (Fsp3) is 0.286. The Kier molecular flexibility index (Phi) is 4.29. The summed E-state index contributed by atoms with van der Waals surface area (Å²) in [6.45, 7) is 5.80. The van der Waals surface area contributed by atoms with Crippen LogP contribution >= 0.6 is 11.6 Å². The van der Waals surface area contributed by atoms with Crippen LogP contribution in [0.5, 0.6) is 0 Å². The molecule has 0 saturated heterocycles. The first-order valence-corrected chi connectivity index (χ1v) is 6.66. The van der Waals surface area contributed by atoms with Gasteiger partial charge >= 0.3 is 5.97 Å². The van der Waals surface area contributed by atoms with Crippen molar-refractivity contribution < 1.29 is 9.53 Å². The molecule has 2 N–H and O–H groups in total. The second-order valence-corrected chi connectivity index (χ2v) is 4.81. The Bertz CT molecular complexity index is 637. The summed E-state index contributed by atoms with van der Waals surface area (Å²) in [5, 5.41) is 10.7. The van der Waals surface area contributed by atoms with Gasteiger partial charge in [0.2, 0.25) is 0 Å². The van der Waals surface area contributed by atoms with Gasteiger partial charge in [-0.15, -0.1) is 0 Å². The molecule has 0 aliphatic rings. The first kappa shape index (κ1) is 14.4. The lowest BCUT2D eigenvalue weighted by Gasteiger charge is -2.09. The van der Waals surface area contributed by atoms with Crippen LogP contribution in [-0.4, -0.2) is 22.8 Å². The molecule has 2 aromatic rings. The van der Waals surface area contributed by atoms with Gasteiger partial charge in [0.05, 0.1) is 6.61 Å². The number of carbonyl (C=O) groups is 1. The van der Waals surface area contributed by atoms with E-state index in [-0.39, 0.29) is 0 Å². The van der Waals surface area contributed by atoms with Gasteiger partial charge in [-0.1, -0.05) is 11.6 Å². The lowest BCUT2D eigenvalue weighted by atomic mass is 10.2. The molecule has 0 atom stereocenters. The number of nitrogens with zero attached hydrogens (tertiary/aromatic N) is 1. The highest BCUT2D eigenvalue weighted by molar-refractivity contribution is 6.30. The number of hydrogen-bond donors (Lipinski definition) is 2. The number of anilines is 2. The fourth-order valence-corrected chi connectivity index (χ4v) is 2.09. The van der Waals surface area contributed by atoms with Gasteiger partial charge in [-0.2, -0.15) is 5.10 Å². The summed E-state index contributed by atoms with van der Waals surface area (Å²) in [6, 6.07) is 5.46. The predicted molar refractivity (Wildman–Crippen MR) is 78.8 cm³/mol. The molecule has 20 heavy (non-hydrogen) atoms. The maximum Gasteiger partial charge on any atom is 0.343 e. The largest absolute Gasteiger partial charge is 0.462 e. The minimum Gasteiger partial charge on any atom is -0.462 e. The van der Waals surface area contributed by atoms with Crippen molar-refractivity contribution in [3.8, 4) is 0 Å². The summed E-state index contributed by atoms with van der Waals surface area (Å²) in [6.07, 6.45) is 0.